The Morgan fingerprint density at radius 1 is 1.33 bits per heavy atom. The molecule has 15 heavy (non-hydrogen) atoms. The number of hydrogen-bond acceptors (Lipinski definition) is 3. The van der Waals surface area contributed by atoms with Crippen molar-refractivity contribution in [3.63, 3.8) is 0 Å². The second-order valence-corrected chi connectivity index (χ2v) is 2.99. The quantitative estimate of drug-likeness (QED) is 0.772. The Hall–Kier alpha value is -2.04. The van der Waals surface area contributed by atoms with Gasteiger partial charge in [-0.3, -0.25) is 14.5 Å². The lowest BCUT2D eigenvalue weighted by atomic mass is 10.2. The van der Waals surface area contributed by atoms with Crippen LogP contribution in [-0.4, -0.2) is 28.6 Å². The summed E-state index contributed by atoms with van der Waals surface area (Å²) in [6, 6.07) is 6.09. The fourth-order valence-electron chi connectivity index (χ4n) is 1.19. The number of carboxylic acid groups (broad SMARTS) is 1. The number of carboxylic acids is 1. The van der Waals surface area contributed by atoms with Crippen LogP contribution in [0.15, 0.2) is 24.3 Å². The van der Waals surface area contributed by atoms with Gasteiger partial charge in [-0.1, -0.05) is 12.1 Å². The van der Waals surface area contributed by atoms with Crippen LogP contribution < -0.4 is 4.90 Å². The standard InChI is InChI=1S/C10H11NO4/c1-7(12)11(6-10(14)15)8-4-2-3-5-9(8)13/h2-5,13H,6H2,1H3,(H,14,15). The van der Waals surface area contributed by atoms with E-state index in [1.807, 2.05) is 0 Å². The Balaban J connectivity index is 3.04. The zero-order valence-electron chi connectivity index (χ0n) is 8.17. The number of phenols is 1. The molecule has 2 N–H and O–H groups in total. The second-order valence-electron chi connectivity index (χ2n) is 2.99. The van der Waals surface area contributed by atoms with Crippen LogP contribution in [0.4, 0.5) is 5.69 Å². The molecule has 1 amide bonds. The van der Waals surface area contributed by atoms with E-state index in [0.29, 0.717) is 0 Å². The van der Waals surface area contributed by atoms with Gasteiger partial charge in [0.05, 0.1) is 5.69 Å². The van der Waals surface area contributed by atoms with E-state index >= 15 is 0 Å². The molecular weight excluding hydrogens is 198 g/mol. The summed E-state index contributed by atoms with van der Waals surface area (Å²) >= 11 is 0. The summed E-state index contributed by atoms with van der Waals surface area (Å²) in [5, 5.41) is 18.1. The lowest BCUT2D eigenvalue weighted by Gasteiger charge is -2.19. The lowest BCUT2D eigenvalue weighted by molar-refractivity contribution is -0.136. The smallest absolute Gasteiger partial charge is 0.323 e. The van der Waals surface area contributed by atoms with Crippen LogP contribution in [0, 0.1) is 0 Å². The summed E-state index contributed by atoms with van der Waals surface area (Å²) in [4.78, 5) is 22.7. The molecule has 0 atom stereocenters. The van der Waals surface area contributed by atoms with E-state index in [1.54, 1.807) is 12.1 Å². The van der Waals surface area contributed by atoms with E-state index < -0.39 is 18.4 Å². The monoisotopic (exact) mass is 209 g/mol. The van der Waals surface area contributed by atoms with E-state index in [1.165, 1.54) is 19.1 Å². The van der Waals surface area contributed by atoms with Gasteiger partial charge < -0.3 is 10.2 Å². The maximum absolute atomic E-state index is 11.2. The number of para-hydroxylation sites is 2. The molecule has 5 nitrogen and oxygen atoms in total. The highest BCUT2D eigenvalue weighted by Crippen LogP contribution is 2.26. The fourth-order valence-corrected chi connectivity index (χ4v) is 1.19. The average Bonchev–Trinajstić information content (AvgIpc) is 2.15. The molecule has 0 unspecified atom stereocenters. The predicted octanol–water partition coefficient (Wildman–Crippen LogP) is 0.830. The Kier molecular flexibility index (Phi) is 3.28. The van der Waals surface area contributed by atoms with Crippen molar-refractivity contribution in [2.24, 2.45) is 0 Å². The maximum Gasteiger partial charge on any atom is 0.323 e. The molecule has 0 aromatic heterocycles. The van der Waals surface area contributed by atoms with Gasteiger partial charge in [0.1, 0.15) is 12.3 Å². The third-order valence-electron chi connectivity index (χ3n) is 1.85. The molecule has 0 aliphatic rings. The fraction of sp³-hybridized carbons (Fsp3) is 0.200. The summed E-state index contributed by atoms with van der Waals surface area (Å²) < 4.78 is 0. The first-order valence-corrected chi connectivity index (χ1v) is 4.30. The largest absolute Gasteiger partial charge is 0.506 e. The Bertz CT molecular complexity index is 389. The number of phenolic OH excluding ortho intramolecular Hbond substituents is 1. The molecule has 1 aromatic carbocycles. The number of anilines is 1. The number of benzene rings is 1. The number of carbonyl (C=O) groups excluding carboxylic acids is 1. The number of hydrogen-bond donors (Lipinski definition) is 2. The van der Waals surface area contributed by atoms with Crippen LogP contribution in [0.3, 0.4) is 0 Å². The van der Waals surface area contributed by atoms with Crippen LogP contribution in [0.25, 0.3) is 0 Å². The van der Waals surface area contributed by atoms with Gasteiger partial charge in [0.15, 0.2) is 0 Å². The number of amides is 1. The third-order valence-corrected chi connectivity index (χ3v) is 1.85. The molecule has 0 saturated heterocycles. The van der Waals surface area contributed by atoms with Crippen LogP contribution >= 0.6 is 0 Å². The summed E-state index contributed by atoms with van der Waals surface area (Å²) in [6.07, 6.45) is 0. The van der Waals surface area contributed by atoms with E-state index in [-0.39, 0.29) is 11.4 Å². The van der Waals surface area contributed by atoms with Crippen molar-refractivity contribution in [3.05, 3.63) is 24.3 Å². The second kappa shape index (κ2) is 4.45. The van der Waals surface area contributed by atoms with Gasteiger partial charge in [0.25, 0.3) is 0 Å². The van der Waals surface area contributed by atoms with Gasteiger partial charge >= 0.3 is 5.97 Å². The van der Waals surface area contributed by atoms with Gasteiger partial charge in [-0.15, -0.1) is 0 Å². The van der Waals surface area contributed by atoms with Crippen LogP contribution in [0.5, 0.6) is 5.75 Å². The first kappa shape index (κ1) is 11.0. The van der Waals surface area contributed by atoms with Crippen molar-refractivity contribution in [1.82, 2.24) is 0 Å². The minimum atomic E-state index is -1.13. The van der Waals surface area contributed by atoms with Crippen LogP contribution in [-0.2, 0) is 9.59 Å². The van der Waals surface area contributed by atoms with Crippen molar-refractivity contribution in [2.45, 2.75) is 6.92 Å². The van der Waals surface area contributed by atoms with Gasteiger partial charge in [0.2, 0.25) is 5.91 Å². The first-order chi connectivity index (χ1) is 7.02. The number of nitrogens with zero attached hydrogens (tertiary/aromatic N) is 1. The third kappa shape index (κ3) is 2.70. The van der Waals surface area contributed by atoms with Crippen molar-refractivity contribution in [2.75, 3.05) is 11.4 Å². The average molecular weight is 209 g/mol. The van der Waals surface area contributed by atoms with Crippen LogP contribution in [0.2, 0.25) is 0 Å². The molecule has 0 bridgehead atoms. The molecule has 0 aliphatic carbocycles. The van der Waals surface area contributed by atoms with Gasteiger partial charge in [-0.25, -0.2) is 0 Å². The van der Waals surface area contributed by atoms with Crippen molar-refractivity contribution >= 4 is 17.6 Å². The molecule has 0 spiro atoms. The van der Waals surface area contributed by atoms with Crippen LogP contribution in [0.1, 0.15) is 6.92 Å². The maximum atomic E-state index is 11.2. The predicted molar refractivity (Wildman–Crippen MR) is 53.8 cm³/mol. The SMILES string of the molecule is CC(=O)N(CC(=O)O)c1ccccc1O. The van der Waals surface area contributed by atoms with Crippen molar-refractivity contribution in [3.8, 4) is 5.75 Å². The van der Waals surface area contributed by atoms with Gasteiger partial charge in [-0.2, -0.15) is 0 Å². The molecule has 1 aromatic rings. The Morgan fingerprint density at radius 2 is 1.93 bits per heavy atom. The molecular formula is C10H11NO4. The number of rotatable bonds is 3. The zero-order chi connectivity index (χ0) is 11.4. The van der Waals surface area contributed by atoms with Gasteiger partial charge in [0, 0.05) is 6.92 Å². The summed E-state index contributed by atoms with van der Waals surface area (Å²) in [7, 11) is 0. The molecule has 0 heterocycles. The normalized spacial score (nSPS) is 9.67. The number of aromatic hydroxyl groups is 1. The molecule has 0 saturated carbocycles. The molecule has 80 valence electrons. The van der Waals surface area contributed by atoms with E-state index in [2.05, 4.69) is 0 Å². The lowest BCUT2D eigenvalue weighted by Crippen LogP contribution is -2.33. The molecule has 0 radical (unpaired) electrons. The molecule has 1 rings (SSSR count). The minimum absolute atomic E-state index is 0.117. The van der Waals surface area contributed by atoms with Crippen molar-refractivity contribution in [1.29, 1.82) is 0 Å². The summed E-state index contributed by atoms with van der Waals surface area (Å²) in [6.45, 7) is 0.780. The summed E-state index contributed by atoms with van der Waals surface area (Å²) in [5.74, 6) is -1.68. The Labute approximate surface area is 86.6 Å². The highest BCUT2D eigenvalue weighted by molar-refractivity contribution is 5.97. The molecule has 0 fully saturated rings. The van der Waals surface area contributed by atoms with E-state index in [9.17, 15) is 14.7 Å². The number of aliphatic carboxylic acids is 1. The van der Waals surface area contributed by atoms with Gasteiger partial charge in [-0.05, 0) is 12.1 Å². The Morgan fingerprint density at radius 3 is 2.40 bits per heavy atom. The van der Waals surface area contributed by atoms with E-state index in [4.69, 9.17) is 5.11 Å². The number of carbonyl (C=O) groups is 2. The van der Waals surface area contributed by atoms with Crippen molar-refractivity contribution < 1.29 is 19.8 Å². The van der Waals surface area contributed by atoms with E-state index in [0.717, 1.165) is 4.90 Å². The first-order valence-electron chi connectivity index (χ1n) is 4.30. The molecule has 5 heteroatoms. The minimum Gasteiger partial charge on any atom is -0.506 e. The highest BCUT2D eigenvalue weighted by Gasteiger charge is 2.17. The highest BCUT2D eigenvalue weighted by atomic mass is 16.4. The summed E-state index contributed by atoms with van der Waals surface area (Å²) in [5.41, 5.74) is 0.201. The zero-order valence-corrected chi connectivity index (χ0v) is 8.17. The molecule has 0 aliphatic heterocycles. The topological polar surface area (TPSA) is 77.8 Å².